The second kappa shape index (κ2) is 11.9. The average Bonchev–Trinajstić information content (AvgIpc) is 2.52. The molecule has 5 nitrogen and oxygen atoms in total. The van der Waals surface area contributed by atoms with Gasteiger partial charge < -0.3 is 16.2 Å². The number of carbonyl (C=O) groups is 2. The van der Waals surface area contributed by atoms with Crippen molar-refractivity contribution in [3.63, 3.8) is 0 Å². The first-order chi connectivity index (χ1) is 10.1. The smallest absolute Gasteiger partial charge is 0.326 e. The Bertz CT molecular complexity index is 449. The molecule has 0 aliphatic carbocycles. The fourth-order valence-electron chi connectivity index (χ4n) is 1.54. The highest BCUT2D eigenvalue weighted by molar-refractivity contribution is 6.15. The molecule has 6 heteroatoms. The van der Waals surface area contributed by atoms with Crippen LogP contribution in [0.1, 0.15) is 18.4 Å². The molecule has 0 heterocycles. The fourth-order valence-corrected chi connectivity index (χ4v) is 1.54. The van der Waals surface area contributed by atoms with E-state index in [4.69, 9.17) is 10.8 Å². The Morgan fingerprint density at radius 2 is 1.95 bits per heavy atom. The number of nitrogens with one attached hydrogen (secondary N) is 1. The standard InChI is InChI=1S/C14H18N2O3.CH3Cl/c15-10-4-7-12(14(18)19)16-13(17)9-8-11-5-2-1-3-6-11;1-2/h1-3,5-6,8-9,12H,4,7,10,15H2,(H,16,17)(H,18,19);1H3. The molecule has 1 aromatic carbocycles. The lowest BCUT2D eigenvalue weighted by atomic mass is 10.1. The Morgan fingerprint density at radius 3 is 2.48 bits per heavy atom. The molecular weight excluding hydrogens is 292 g/mol. The van der Waals surface area contributed by atoms with Crippen molar-refractivity contribution in [3.05, 3.63) is 42.0 Å². The number of aliphatic carboxylic acids is 1. The van der Waals surface area contributed by atoms with Gasteiger partial charge in [-0.1, -0.05) is 30.3 Å². The molecule has 0 aliphatic rings. The van der Waals surface area contributed by atoms with Gasteiger partial charge in [-0.05, 0) is 31.0 Å². The van der Waals surface area contributed by atoms with E-state index in [1.54, 1.807) is 6.08 Å². The predicted octanol–water partition coefficient (Wildman–Crippen LogP) is 1.86. The van der Waals surface area contributed by atoms with Gasteiger partial charge in [0.25, 0.3) is 0 Å². The second-order valence-electron chi connectivity index (χ2n) is 4.07. The van der Waals surface area contributed by atoms with Crippen LogP contribution >= 0.6 is 11.6 Å². The van der Waals surface area contributed by atoms with Crippen LogP contribution in [0.5, 0.6) is 0 Å². The third kappa shape index (κ3) is 8.83. The number of nitrogens with two attached hydrogens (primary N) is 1. The molecule has 0 bridgehead atoms. The van der Waals surface area contributed by atoms with Crippen LogP contribution in [0.4, 0.5) is 0 Å². The zero-order valence-corrected chi connectivity index (χ0v) is 12.7. The summed E-state index contributed by atoms with van der Waals surface area (Å²) in [6, 6.07) is 8.42. The number of carboxylic acids is 1. The van der Waals surface area contributed by atoms with E-state index in [-0.39, 0.29) is 0 Å². The zero-order chi connectivity index (χ0) is 16.1. The summed E-state index contributed by atoms with van der Waals surface area (Å²) in [6.45, 7) is 0.402. The summed E-state index contributed by atoms with van der Waals surface area (Å²) in [7, 11) is 0. The van der Waals surface area contributed by atoms with Gasteiger partial charge in [-0.2, -0.15) is 0 Å². The molecule has 21 heavy (non-hydrogen) atoms. The molecule has 1 aromatic rings. The molecule has 0 saturated carbocycles. The second-order valence-corrected chi connectivity index (χ2v) is 4.07. The third-order valence-corrected chi connectivity index (χ3v) is 2.54. The van der Waals surface area contributed by atoms with Gasteiger partial charge in [0.05, 0.1) is 0 Å². The van der Waals surface area contributed by atoms with Crippen LogP contribution in [-0.4, -0.2) is 36.0 Å². The number of rotatable bonds is 7. The lowest BCUT2D eigenvalue weighted by Gasteiger charge is -2.12. The van der Waals surface area contributed by atoms with Crippen LogP contribution in [0, 0.1) is 0 Å². The maximum absolute atomic E-state index is 11.6. The Morgan fingerprint density at radius 1 is 1.33 bits per heavy atom. The summed E-state index contributed by atoms with van der Waals surface area (Å²) in [5.41, 5.74) is 6.20. The highest BCUT2D eigenvalue weighted by Gasteiger charge is 2.17. The maximum Gasteiger partial charge on any atom is 0.326 e. The Kier molecular flexibility index (Phi) is 10.9. The minimum atomic E-state index is -1.05. The minimum Gasteiger partial charge on any atom is -0.480 e. The third-order valence-electron chi connectivity index (χ3n) is 2.54. The Labute approximate surface area is 129 Å². The summed E-state index contributed by atoms with van der Waals surface area (Å²) in [5.74, 6) is -1.47. The molecule has 1 amide bonds. The quantitative estimate of drug-likeness (QED) is 0.529. The maximum atomic E-state index is 11.6. The van der Waals surface area contributed by atoms with E-state index in [1.807, 2.05) is 30.3 Å². The highest BCUT2D eigenvalue weighted by Crippen LogP contribution is 2.01. The Hall–Kier alpha value is -1.85. The van der Waals surface area contributed by atoms with Gasteiger partial charge in [-0.15, -0.1) is 11.6 Å². The molecule has 0 spiro atoms. The number of alkyl halides is 1. The minimum absolute atomic E-state index is 0.330. The summed E-state index contributed by atoms with van der Waals surface area (Å²) in [5, 5.41) is 11.4. The number of hydrogen-bond donors (Lipinski definition) is 3. The van der Waals surface area contributed by atoms with E-state index in [0.29, 0.717) is 19.4 Å². The van der Waals surface area contributed by atoms with Crippen LogP contribution in [0.15, 0.2) is 36.4 Å². The molecule has 0 radical (unpaired) electrons. The SMILES string of the molecule is CCl.NCCCC(NC(=O)C=Cc1ccccc1)C(=O)O. The Balaban J connectivity index is 0.00000191. The van der Waals surface area contributed by atoms with Crippen molar-refractivity contribution < 1.29 is 14.7 Å². The predicted molar refractivity (Wildman–Crippen MR) is 85.1 cm³/mol. The summed E-state index contributed by atoms with van der Waals surface area (Å²) < 4.78 is 0. The van der Waals surface area contributed by atoms with Crippen LogP contribution in [0.3, 0.4) is 0 Å². The van der Waals surface area contributed by atoms with Crippen molar-refractivity contribution in [1.82, 2.24) is 5.32 Å². The van der Waals surface area contributed by atoms with E-state index in [2.05, 4.69) is 16.9 Å². The lowest BCUT2D eigenvalue weighted by molar-refractivity contribution is -0.141. The van der Waals surface area contributed by atoms with Gasteiger partial charge in [0.1, 0.15) is 6.04 Å². The monoisotopic (exact) mass is 312 g/mol. The van der Waals surface area contributed by atoms with Crippen molar-refractivity contribution >= 4 is 29.6 Å². The van der Waals surface area contributed by atoms with Crippen LogP contribution < -0.4 is 11.1 Å². The first kappa shape index (κ1) is 19.1. The fraction of sp³-hybridized carbons (Fsp3) is 0.333. The number of carboxylic acid groups (broad SMARTS) is 1. The van der Waals surface area contributed by atoms with E-state index in [9.17, 15) is 9.59 Å². The van der Waals surface area contributed by atoms with Crippen molar-refractivity contribution in [3.8, 4) is 0 Å². The van der Waals surface area contributed by atoms with Gasteiger partial charge in [-0.25, -0.2) is 4.79 Å². The molecule has 0 aromatic heterocycles. The molecular formula is C15H21ClN2O3. The van der Waals surface area contributed by atoms with Gasteiger partial charge in [-0.3, -0.25) is 4.79 Å². The number of amides is 1. The first-order valence-corrected chi connectivity index (χ1v) is 7.23. The molecule has 1 rings (SSSR count). The van der Waals surface area contributed by atoms with Crippen molar-refractivity contribution in [2.75, 3.05) is 12.9 Å². The van der Waals surface area contributed by atoms with Crippen molar-refractivity contribution in [2.24, 2.45) is 5.73 Å². The van der Waals surface area contributed by atoms with Crippen molar-refractivity contribution in [1.29, 1.82) is 0 Å². The zero-order valence-electron chi connectivity index (χ0n) is 12.0. The normalized spacial score (nSPS) is 11.4. The van der Waals surface area contributed by atoms with Gasteiger partial charge in [0.15, 0.2) is 0 Å². The molecule has 0 aliphatic heterocycles. The molecule has 4 N–H and O–H groups in total. The lowest BCUT2D eigenvalue weighted by Crippen LogP contribution is -2.40. The molecule has 0 fully saturated rings. The largest absolute Gasteiger partial charge is 0.480 e. The molecule has 116 valence electrons. The van der Waals surface area contributed by atoms with Gasteiger partial charge >= 0.3 is 5.97 Å². The van der Waals surface area contributed by atoms with Crippen molar-refractivity contribution in [2.45, 2.75) is 18.9 Å². The molecule has 1 atom stereocenters. The van der Waals surface area contributed by atoms with E-state index < -0.39 is 17.9 Å². The van der Waals surface area contributed by atoms with E-state index >= 15 is 0 Å². The number of carbonyl (C=O) groups excluding carboxylic acids is 1. The van der Waals surface area contributed by atoms with Crippen LogP contribution in [0.2, 0.25) is 0 Å². The summed E-state index contributed by atoms with van der Waals surface area (Å²) in [4.78, 5) is 22.5. The van der Waals surface area contributed by atoms with Crippen LogP contribution in [-0.2, 0) is 9.59 Å². The molecule has 0 saturated heterocycles. The summed E-state index contributed by atoms with van der Waals surface area (Å²) in [6.07, 6.45) is 5.32. The number of hydrogen-bond acceptors (Lipinski definition) is 3. The van der Waals surface area contributed by atoms with E-state index in [1.165, 1.54) is 12.5 Å². The topological polar surface area (TPSA) is 92.4 Å². The van der Waals surface area contributed by atoms with E-state index in [0.717, 1.165) is 5.56 Å². The van der Waals surface area contributed by atoms with Crippen LogP contribution in [0.25, 0.3) is 6.08 Å². The average molecular weight is 313 g/mol. The molecule has 1 unspecified atom stereocenters. The first-order valence-electron chi connectivity index (χ1n) is 6.48. The van der Waals surface area contributed by atoms with Gasteiger partial charge in [0, 0.05) is 12.5 Å². The number of benzene rings is 1. The van der Waals surface area contributed by atoms with Gasteiger partial charge in [0.2, 0.25) is 5.91 Å². The highest BCUT2D eigenvalue weighted by atomic mass is 35.5. The number of halogens is 1. The summed E-state index contributed by atoms with van der Waals surface area (Å²) >= 11 is 4.64.